The van der Waals surface area contributed by atoms with Gasteiger partial charge in [0.05, 0.1) is 17.7 Å². The van der Waals surface area contributed by atoms with Crippen molar-refractivity contribution in [3.05, 3.63) is 58.6 Å². The van der Waals surface area contributed by atoms with Crippen molar-refractivity contribution in [1.82, 2.24) is 4.72 Å². The third-order valence-corrected chi connectivity index (χ3v) is 6.40. The monoisotopic (exact) mass is 408 g/mol. The molecule has 3 rings (SSSR count). The smallest absolute Gasteiger partial charge is 0.337 e. The van der Waals surface area contributed by atoms with Crippen LogP contribution in [0.15, 0.2) is 47.4 Å². The summed E-state index contributed by atoms with van der Waals surface area (Å²) in [4.78, 5) is 13.8. The summed E-state index contributed by atoms with van der Waals surface area (Å²) in [6.07, 6.45) is 2.40. The standard InChI is InChI=1S/C19H21ClN2O4S/c1-26-19(23)15-6-9-17(20)18(12-15)27(24,25)21-13-14-4-7-16(8-5-14)22-10-2-3-11-22/h4-9,12,21H,2-3,10-11,13H2,1H3. The number of nitrogens with zero attached hydrogens (tertiary/aromatic N) is 1. The zero-order valence-corrected chi connectivity index (χ0v) is 16.5. The molecule has 0 bridgehead atoms. The second-order valence-corrected chi connectivity index (χ2v) is 8.46. The predicted molar refractivity (Wildman–Crippen MR) is 105 cm³/mol. The summed E-state index contributed by atoms with van der Waals surface area (Å²) in [6.45, 7) is 2.24. The molecule has 0 aromatic heterocycles. The van der Waals surface area contributed by atoms with Crippen molar-refractivity contribution in [3.63, 3.8) is 0 Å². The lowest BCUT2D eigenvalue weighted by Gasteiger charge is -2.17. The molecule has 1 aliphatic rings. The summed E-state index contributed by atoms with van der Waals surface area (Å²) in [5, 5.41) is 0.0412. The van der Waals surface area contributed by atoms with E-state index in [4.69, 9.17) is 11.6 Å². The Hall–Kier alpha value is -2.09. The summed E-state index contributed by atoms with van der Waals surface area (Å²) in [7, 11) is -2.65. The Bertz CT molecular complexity index is 923. The van der Waals surface area contributed by atoms with Gasteiger partial charge >= 0.3 is 5.97 Å². The van der Waals surface area contributed by atoms with E-state index in [1.807, 2.05) is 24.3 Å². The number of esters is 1. The van der Waals surface area contributed by atoms with E-state index in [-0.39, 0.29) is 22.0 Å². The van der Waals surface area contributed by atoms with Crippen molar-refractivity contribution in [2.45, 2.75) is 24.3 Å². The van der Waals surface area contributed by atoms with E-state index >= 15 is 0 Å². The highest BCUT2D eigenvalue weighted by Crippen LogP contribution is 2.24. The maximum absolute atomic E-state index is 12.6. The molecule has 0 atom stereocenters. The third kappa shape index (κ3) is 4.61. The molecule has 1 N–H and O–H groups in total. The van der Waals surface area contributed by atoms with Gasteiger partial charge in [-0.2, -0.15) is 0 Å². The average Bonchev–Trinajstić information content (AvgIpc) is 3.21. The number of sulfonamides is 1. The minimum atomic E-state index is -3.88. The zero-order chi connectivity index (χ0) is 19.4. The van der Waals surface area contributed by atoms with Gasteiger partial charge in [-0.3, -0.25) is 0 Å². The minimum absolute atomic E-state index is 0.0412. The molecule has 1 saturated heterocycles. The van der Waals surface area contributed by atoms with Crippen LogP contribution in [-0.4, -0.2) is 34.6 Å². The van der Waals surface area contributed by atoms with Gasteiger partial charge in [0.15, 0.2) is 0 Å². The van der Waals surface area contributed by atoms with Gasteiger partial charge in [-0.1, -0.05) is 23.7 Å². The van der Waals surface area contributed by atoms with Gasteiger partial charge < -0.3 is 9.64 Å². The summed E-state index contributed by atoms with van der Waals surface area (Å²) in [6, 6.07) is 11.8. The number of ether oxygens (including phenoxy) is 1. The van der Waals surface area contributed by atoms with Gasteiger partial charge in [0.25, 0.3) is 0 Å². The number of carbonyl (C=O) groups excluding carboxylic acids is 1. The highest BCUT2D eigenvalue weighted by molar-refractivity contribution is 7.89. The fourth-order valence-corrected chi connectivity index (χ4v) is 4.55. The lowest BCUT2D eigenvalue weighted by Crippen LogP contribution is -2.24. The lowest BCUT2D eigenvalue weighted by atomic mass is 10.2. The number of hydrogen-bond acceptors (Lipinski definition) is 5. The van der Waals surface area contributed by atoms with E-state index in [1.54, 1.807) is 0 Å². The Morgan fingerprint density at radius 3 is 2.44 bits per heavy atom. The molecule has 1 fully saturated rings. The Morgan fingerprint density at radius 2 is 1.81 bits per heavy atom. The van der Waals surface area contributed by atoms with Gasteiger partial charge in [0.2, 0.25) is 10.0 Å². The maximum Gasteiger partial charge on any atom is 0.337 e. The summed E-state index contributed by atoms with van der Waals surface area (Å²) < 4.78 is 32.4. The fourth-order valence-electron chi connectivity index (χ4n) is 3.01. The van der Waals surface area contributed by atoms with Crippen molar-refractivity contribution >= 4 is 33.3 Å². The Labute approximate surface area is 164 Å². The van der Waals surface area contributed by atoms with Crippen LogP contribution in [0.2, 0.25) is 5.02 Å². The van der Waals surface area contributed by atoms with E-state index in [1.165, 1.54) is 38.2 Å². The van der Waals surface area contributed by atoms with Crippen LogP contribution in [0.1, 0.15) is 28.8 Å². The van der Waals surface area contributed by atoms with Gasteiger partial charge in [-0.05, 0) is 48.7 Å². The van der Waals surface area contributed by atoms with Crippen LogP contribution in [0.5, 0.6) is 0 Å². The van der Waals surface area contributed by atoms with Crippen LogP contribution < -0.4 is 9.62 Å². The molecule has 1 heterocycles. The van der Waals surface area contributed by atoms with Crippen molar-refractivity contribution in [3.8, 4) is 0 Å². The molecule has 0 radical (unpaired) electrons. The second kappa shape index (κ2) is 8.29. The first-order valence-corrected chi connectivity index (χ1v) is 10.5. The maximum atomic E-state index is 12.6. The first kappa shape index (κ1) is 19.7. The molecule has 0 amide bonds. The molecule has 2 aromatic carbocycles. The highest BCUT2D eigenvalue weighted by Gasteiger charge is 2.20. The number of hydrogen-bond donors (Lipinski definition) is 1. The summed E-state index contributed by atoms with van der Waals surface area (Å²) in [5.41, 5.74) is 2.10. The summed E-state index contributed by atoms with van der Waals surface area (Å²) >= 11 is 6.03. The second-order valence-electron chi connectivity index (χ2n) is 6.32. The Balaban J connectivity index is 1.72. The Kier molecular flexibility index (Phi) is 6.04. The van der Waals surface area contributed by atoms with Crippen LogP contribution in [-0.2, 0) is 21.3 Å². The molecule has 6 nitrogen and oxygen atoms in total. The number of carbonyl (C=O) groups is 1. The molecule has 0 spiro atoms. The summed E-state index contributed by atoms with van der Waals surface area (Å²) in [5.74, 6) is -0.624. The largest absolute Gasteiger partial charge is 0.465 e. The number of halogens is 1. The van der Waals surface area contributed by atoms with Gasteiger partial charge in [-0.15, -0.1) is 0 Å². The van der Waals surface area contributed by atoms with E-state index in [0.29, 0.717) is 0 Å². The van der Waals surface area contributed by atoms with Gasteiger partial charge in [0.1, 0.15) is 4.90 Å². The average molecular weight is 409 g/mol. The molecule has 2 aromatic rings. The van der Waals surface area contributed by atoms with Crippen molar-refractivity contribution in [2.24, 2.45) is 0 Å². The predicted octanol–water partition coefficient (Wildman–Crippen LogP) is 3.21. The van der Waals surface area contributed by atoms with Crippen molar-refractivity contribution < 1.29 is 17.9 Å². The van der Waals surface area contributed by atoms with Crippen LogP contribution >= 0.6 is 11.6 Å². The van der Waals surface area contributed by atoms with E-state index in [9.17, 15) is 13.2 Å². The zero-order valence-electron chi connectivity index (χ0n) is 14.9. The first-order valence-electron chi connectivity index (χ1n) is 8.62. The molecule has 1 aliphatic heterocycles. The molecule has 27 heavy (non-hydrogen) atoms. The number of methoxy groups -OCH3 is 1. The van der Waals surface area contributed by atoms with E-state index < -0.39 is 16.0 Å². The molecular weight excluding hydrogens is 388 g/mol. The SMILES string of the molecule is COC(=O)c1ccc(Cl)c(S(=O)(=O)NCc2ccc(N3CCCC3)cc2)c1. The number of rotatable bonds is 6. The first-order chi connectivity index (χ1) is 12.9. The van der Waals surface area contributed by atoms with Crippen LogP contribution in [0.25, 0.3) is 0 Å². The molecule has 144 valence electrons. The number of nitrogens with one attached hydrogen (secondary N) is 1. The van der Waals surface area contributed by atoms with Gasteiger partial charge in [0, 0.05) is 25.3 Å². The molecular formula is C19H21ClN2O4S. The fraction of sp³-hybridized carbons (Fsp3) is 0.316. The normalized spacial score (nSPS) is 14.4. The van der Waals surface area contributed by atoms with Crippen LogP contribution in [0.3, 0.4) is 0 Å². The molecule has 8 heteroatoms. The van der Waals surface area contributed by atoms with E-state index in [2.05, 4.69) is 14.4 Å². The molecule has 0 aliphatic carbocycles. The Morgan fingerprint density at radius 1 is 1.15 bits per heavy atom. The topological polar surface area (TPSA) is 75.7 Å². The number of anilines is 1. The third-order valence-electron chi connectivity index (χ3n) is 4.52. The molecule has 0 saturated carbocycles. The van der Waals surface area contributed by atoms with Crippen LogP contribution in [0, 0.1) is 0 Å². The van der Waals surface area contributed by atoms with Crippen LogP contribution in [0.4, 0.5) is 5.69 Å². The minimum Gasteiger partial charge on any atom is -0.465 e. The van der Waals surface area contributed by atoms with Crippen molar-refractivity contribution in [2.75, 3.05) is 25.1 Å². The van der Waals surface area contributed by atoms with E-state index in [0.717, 1.165) is 24.3 Å². The quantitative estimate of drug-likeness (QED) is 0.743. The highest BCUT2D eigenvalue weighted by atomic mass is 35.5. The van der Waals surface area contributed by atoms with Gasteiger partial charge in [-0.25, -0.2) is 17.9 Å². The number of benzene rings is 2. The van der Waals surface area contributed by atoms with Crippen molar-refractivity contribution in [1.29, 1.82) is 0 Å². The lowest BCUT2D eigenvalue weighted by molar-refractivity contribution is 0.0600. The molecule has 0 unspecified atom stereocenters.